The van der Waals surface area contributed by atoms with E-state index in [1.807, 2.05) is 23.9 Å². The zero-order chi connectivity index (χ0) is 13.7. The van der Waals surface area contributed by atoms with E-state index in [1.165, 1.54) is 6.20 Å². The van der Waals surface area contributed by atoms with Crippen molar-refractivity contribution in [1.29, 1.82) is 0 Å². The molecule has 7 nitrogen and oxygen atoms in total. The molecule has 102 valence electrons. The molecule has 0 saturated heterocycles. The van der Waals surface area contributed by atoms with Gasteiger partial charge >= 0.3 is 0 Å². The molecular formula is C12H18N6O. The second-order valence-corrected chi connectivity index (χ2v) is 4.14. The fourth-order valence-electron chi connectivity index (χ4n) is 1.85. The first-order chi connectivity index (χ1) is 9.22. The molecule has 1 amide bonds. The maximum Gasteiger partial charge on any atom is 0.271 e. The van der Waals surface area contributed by atoms with E-state index in [1.54, 1.807) is 10.9 Å². The van der Waals surface area contributed by atoms with Gasteiger partial charge in [0.1, 0.15) is 5.69 Å². The van der Waals surface area contributed by atoms with E-state index in [0.29, 0.717) is 24.5 Å². The molecular weight excluding hydrogens is 244 g/mol. The summed E-state index contributed by atoms with van der Waals surface area (Å²) < 4.78 is 3.43. The highest BCUT2D eigenvalue weighted by Gasteiger charge is 2.15. The molecule has 0 unspecified atom stereocenters. The Morgan fingerprint density at radius 2 is 2.32 bits per heavy atom. The van der Waals surface area contributed by atoms with Crippen LogP contribution in [0.1, 0.15) is 23.8 Å². The van der Waals surface area contributed by atoms with Crippen LogP contribution in [0.3, 0.4) is 0 Å². The minimum atomic E-state index is -0.183. The molecule has 0 radical (unpaired) electrons. The maximum atomic E-state index is 12.0. The van der Waals surface area contributed by atoms with Gasteiger partial charge in [0.15, 0.2) is 0 Å². The minimum Gasteiger partial charge on any atom is -0.396 e. The summed E-state index contributed by atoms with van der Waals surface area (Å²) in [6, 6.07) is 1.87. The topological polar surface area (TPSA) is 90.8 Å². The van der Waals surface area contributed by atoms with Crippen LogP contribution in [-0.4, -0.2) is 32.0 Å². The van der Waals surface area contributed by atoms with Crippen LogP contribution < -0.4 is 11.1 Å². The van der Waals surface area contributed by atoms with Crippen molar-refractivity contribution in [3.63, 3.8) is 0 Å². The third-order valence-corrected chi connectivity index (χ3v) is 2.79. The van der Waals surface area contributed by atoms with Crippen molar-refractivity contribution in [2.45, 2.75) is 26.4 Å². The van der Waals surface area contributed by atoms with Gasteiger partial charge in [-0.05, 0) is 19.4 Å². The molecule has 0 fully saturated rings. The summed E-state index contributed by atoms with van der Waals surface area (Å²) in [5.74, 6) is -0.183. The Morgan fingerprint density at radius 1 is 1.47 bits per heavy atom. The fraction of sp³-hybridized carbons (Fsp3) is 0.417. The van der Waals surface area contributed by atoms with Crippen LogP contribution in [0.15, 0.2) is 24.7 Å². The molecule has 0 aliphatic carbocycles. The lowest BCUT2D eigenvalue weighted by atomic mass is 10.3. The Morgan fingerprint density at radius 3 is 3.00 bits per heavy atom. The highest BCUT2D eigenvalue weighted by Crippen LogP contribution is 2.10. The third kappa shape index (κ3) is 3.12. The van der Waals surface area contributed by atoms with Gasteiger partial charge in [0.05, 0.1) is 11.9 Å². The van der Waals surface area contributed by atoms with Gasteiger partial charge in [-0.2, -0.15) is 10.2 Å². The average molecular weight is 262 g/mol. The van der Waals surface area contributed by atoms with E-state index in [9.17, 15) is 4.79 Å². The lowest BCUT2D eigenvalue weighted by Crippen LogP contribution is -2.28. The third-order valence-electron chi connectivity index (χ3n) is 2.79. The Hall–Kier alpha value is -2.31. The first kappa shape index (κ1) is 13.1. The summed E-state index contributed by atoms with van der Waals surface area (Å²) in [5, 5.41) is 11.0. The summed E-state index contributed by atoms with van der Waals surface area (Å²) in [4.78, 5) is 12.0. The highest BCUT2D eigenvalue weighted by molar-refractivity contribution is 5.97. The van der Waals surface area contributed by atoms with Crippen molar-refractivity contribution in [2.24, 2.45) is 0 Å². The molecule has 0 aliphatic heterocycles. The van der Waals surface area contributed by atoms with Gasteiger partial charge in [-0.1, -0.05) is 0 Å². The molecule has 2 rings (SSSR count). The van der Waals surface area contributed by atoms with Crippen molar-refractivity contribution < 1.29 is 4.79 Å². The minimum absolute atomic E-state index is 0.183. The van der Waals surface area contributed by atoms with E-state index >= 15 is 0 Å². The predicted molar refractivity (Wildman–Crippen MR) is 71.5 cm³/mol. The Bertz CT molecular complexity index is 530. The molecule has 2 aromatic heterocycles. The second-order valence-electron chi connectivity index (χ2n) is 4.14. The van der Waals surface area contributed by atoms with Crippen molar-refractivity contribution in [1.82, 2.24) is 24.9 Å². The number of aryl methyl sites for hydroxylation is 2. The first-order valence-corrected chi connectivity index (χ1v) is 6.29. The van der Waals surface area contributed by atoms with Gasteiger partial charge in [-0.3, -0.25) is 14.2 Å². The van der Waals surface area contributed by atoms with Gasteiger partial charge in [0.2, 0.25) is 0 Å². The van der Waals surface area contributed by atoms with Gasteiger partial charge in [0, 0.05) is 32.0 Å². The summed E-state index contributed by atoms with van der Waals surface area (Å²) in [5.41, 5.74) is 6.58. The number of rotatable bonds is 6. The molecule has 2 heterocycles. The Labute approximate surface area is 111 Å². The lowest BCUT2D eigenvalue weighted by Gasteiger charge is -2.07. The van der Waals surface area contributed by atoms with Gasteiger partial charge < -0.3 is 11.1 Å². The molecule has 2 aromatic rings. The molecule has 0 atom stereocenters. The zero-order valence-corrected chi connectivity index (χ0v) is 10.9. The largest absolute Gasteiger partial charge is 0.396 e. The molecule has 0 aromatic carbocycles. The zero-order valence-electron chi connectivity index (χ0n) is 10.9. The normalized spacial score (nSPS) is 10.6. The molecule has 0 saturated carbocycles. The quantitative estimate of drug-likeness (QED) is 0.742. The van der Waals surface area contributed by atoms with Crippen LogP contribution in [0, 0.1) is 0 Å². The van der Waals surface area contributed by atoms with E-state index in [4.69, 9.17) is 5.73 Å². The Kier molecular flexibility index (Phi) is 4.17. The van der Waals surface area contributed by atoms with Gasteiger partial charge in [0.25, 0.3) is 5.91 Å². The number of hydrogen-bond acceptors (Lipinski definition) is 4. The van der Waals surface area contributed by atoms with E-state index in [0.717, 1.165) is 13.0 Å². The summed E-state index contributed by atoms with van der Waals surface area (Å²) in [7, 11) is 0. The van der Waals surface area contributed by atoms with E-state index in [2.05, 4.69) is 15.5 Å². The standard InChI is InChI=1S/C12H18N6O/c1-2-18-11(10(13)9-16-18)12(19)14-5-3-7-17-8-4-6-15-17/h4,6,8-9H,2-3,5,7,13H2,1H3,(H,14,19). The van der Waals surface area contributed by atoms with Crippen LogP contribution in [0.2, 0.25) is 0 Å². The number of nitrogen functional groups attached to an aromatic ring is 1. The molecule has 0 bridgehead atoms. The van der Waals surface area contributed by atoms with Crippen molar-refractivity contribution >= 4 is 11.6 Å². The fourth-order valence-corrected chi connectivity index (χ4v) is 1.85. The molecule has 0 spiro atoms. The van der Waals surface area contributed by atoms with Crippen molar-refractivity contribution in [2.75, 3.05) is 12.3 Å². The van der Waals surface area contributed by atoms with Crippen LogP contribution in [-0.2, 0) is 13.1 Å². The van der Waals surface area contributed by atoms with E-state index < -0.39 is 0 Å². The van der Waals surface area contributed by atoms with Crippen molar-refractivity contribution in [3.05, 3.63) is 30.4 Å². The summed E-state index contributed by atoms with van der Waals surface area (Å²) in [6.45, 7) is 3.89. The smallest absolute Gasteiger partial charge is 0.271 e. The van der Waals surface area contributed by atoms with Crippen LogP contribution >= 0.6 is 0 Å². The molecule has 3 N–H and O–H groups in total. The molecule has 7 heteroatoms. The van der Waals surface area contributed by atoms with Gasteiger partial charge in [-0.15, -0.1) is 0 Å². The van der Waals surface area contributed by atoms with Crippen LogP contribution in [0.25, 0.3) is 0 Å². The van der Waals surface area contributed by atoms with Crippen molar-refractivity contribution in [3.8, 4) is 0 Å². The summed E-state index contributed by atoms with van der Waals surface area (Å²) in [6.07, 6.45) is 5.95. The number of carbonyl (C=O) groups excluding carboxylic acids is 1. The first-order valence-electron chi connectivity index (χ1n) is 6.29. The number of amides is 1. The number of aromatic nitrogens is 4. The molecule has 0 aliphatic rings. The van der Waals surface area contributed by atoms with Crippen LogP contribution in [0.4, 0.5) is 5.69 Å². The average Bonchev–Trinajstić information content (AvgIpc) is 3.03. The number of hydrogen-bond donors (Lipinski definition) is 2. The number of carbonyl (C=O) groups is 1. The second kappa shape index (κ2) is 6.03. The maximum absolute atomic E-state index is 12.0. The SMILES string of the molecule is CCn1ncc(N)c1C(=O)NCCCn1cccn1. The van der Waals surface area contributed by atoms with Crippen LogP contribution in [0.5, 0.6) is 0 Å². The lowest BCUT2D eigenvalue weighted by molar-refractivity contribution is 0.0943. The summed E-state index contributed by atoms with van der Waals surface area (Å²) >= 11 is 0. The van der Waals surface area contributed by atoms with Gasteiger partial charge in [-0.25, -0.2) is 0 Å². The predicted octanol–water partition coefficient (Wildman–Crippen LogP) is 0.502. The van der Waals surface area contributed by atoms with E-state index in [-0.39, 0.29) is 5.91 Å². The monoisotopic (exact) mass is 262 g/mol. The number of nitrogens with two attached hydrogens (primary N) is 1. The Balaban J connectivity index is 1.82. The molecule has 19 heavy (non-hydrogen) atoms. The number of anilines is 1. The number of nitrogens with zero attached hydrogens (tertiary/aromatic N) is 4. The highest BCUT2D eigenvalue weighted by atomic mass is 16.2. The number of nitrogens with one attached hydrogen (secondary N) is 1.